The van der Waals surface area contributed by atoms with Gasteiger partial charge in [0.15, 0.2) is 5.78 Å². The standard InChI is InChI=1S/C26H32F3N3O4S/c1-36-16-21-14-30-24(37-21)25(35)10-7-20(8-11-25)32-12-9-19(15-32)31-23(34)6-5-22(33)17-3-2-4-18(13-17)26(27,28)29/h2-4,13-14,19-20,35H,5-12,15-16H2,1H3,(H,31,34)/t19-,20?,25?/m1/s1. The molecule has 1 aliphatic carbocycles. The van der Waals surface area contributed by atoms with Crippen LogP contribution in [0.15, 0.2) is 30.5 Å². The first kappa shape index (κ1) is 27.7. The monoisotopic (exact) mass is 539 g/mol. The van der Waals surface area contributed by atoms with Crippen molar-refractivity contribution >= 4 is 23.0 Å². The minimum atomic E-state index is -4.52. The minimum Gasteiger partial charge on any atom is -0.383 e. The molecule has 2 aliphatic rings. The summed E-state index contributed by atoms with van der Waals surface area (Å²) in [5.41, 5.74) is -1.83. The second kappa shape index (κ2) is 11.6. The summed E-state index contributed by atoms with van der Waals surface area (Å²) < 4.78 is 43.8. The number of thiazole rings is 1. The van der Waals surface area contributed by atoms with Crippen molar-refractivity contribution in [3.05, 3.63) is 51.5 Å². The number of nitrogens with zero attached hydrogens (tertiary/aromatic N) is 2. The molecule has 1 amide bonds. The fourth-order valence-electron chi connectivity index (χ4n) is 5.17. The van der Waals surface area contributed by atoms with Crippen LogP contribution in [0.3, 0.4) is 0 Å². The van der Waals surface area contributed by atoms with Gasteiger partial charge in [-0.2, -0.15) is 13.2 Å². The normalized spacial score (nSPS) is 24.8. The Balaban J connectivity index is 1.21. The van der Waals surface area contributed by atoms with Gasteiger partial charge in [-0.1, -0.05) is 12.1 Å². The molecule has 202 valence electrons. The van der Waals surface area contributed by atoms with Gasteiger partial charge in [0, 0.05) is 56.9 Å². The highest BCUT2D eigenvalue weighted by Crippen LogP contribution is 2.41. The molecule has 7 nitrogen and oxygen atoms in total. The number of halogens is 3. The number of methoxy groups -OCH3 is 1. The van der Waals surface area contributed by atoms with Crippen LogP contribution in [-0.4, -0.2) is 59.0 Å². The van der Waals surface area contributed by atoms with Gasteiger partial charge in [0.25, 0.3) is 0 Å². The van der Waals surface area contributed by atoms with Crippen molar-refractivity contribution in [1.82, 2.24) is 15.2 Å². The van der Waals surface area contributed by atoms with E-state index in [2.05, 4.69) is 15.2 Å². The van der Waals surface area contributed by atoms with Gasteiger partial charge in [-0.05, 0) is 44.2 Å². The van der Waals surface area contributed by atoms with Gasteiger partial charge in [0.05, 0.1) is 17.0 Å². The molecule has 2 fully saturated rings. The fourth-order valence-corrected chi connectivity index (χ4v) is 6.20. The molecule has 1 aromatic heterocycles. The van der Waals surface area contributed by atoms with Crippen LogP contribution in [-0.2, 0) is 27.9 Å². The van der Waals surface area contributed by atoms with Crippen LogP contribution in [0, 0.1) is 0 Å². The molecule has 1 aliphatic heterocycles. The predicted octanol–water partition coefficient (Wildman–Crippen LogP) is 4.29. The first-order valence-electron chi connectivity index (χ1n) is 12.5. The third-order valence-electron chi connectivity index (χ3n) is 7.21. The Kier molecular flexibility index (Phi) is 8.67. The first-order valence-corrected chi connectivity index (χ1v) is 13.3. The number of likely N-dealkylation sites (tertiary alicyclic amines) is 1. The molecule has 2 N–H and O–H groups in total. The van der Waals surface area contributed by atoms with E-state index in [4.69, 9.17) is 4.74 Å². The molecule has 0 spiro atoms. The Morgan fingerprint density at radius 2 is 2.00 bits per heavy atom. The molecular weight excluding hydrogens is 507 g/mol. The average Bonchev–Trinajstić information content (AvgIpc) is 3.53. The zero-order chi connectivity index (χ0) is 26.6. The highest BCUT2D eigenvalue weighted by atomic mass is 32.1. The van der Waals surface area contributed by atoms with Crippen molar-refractivity contribution in [2.24, 2.45) is 0 Å². The number of rotatable bonds is 9. The van der Waals surface area contributed by atoms with Gasteiger partial charge in [-0.3, -0.25) is 14.5 Å². The van der Waals surface area contributed by atoms with Crippen molar-refractivity contribution in [3.63, 3.8) is 0 Å². The molecule has 0 radical (unpaired) electrons. The van der Waals surface area contributed by atoms with Crippen LogP contribution in [0.2, 0.25) is 0 Å². The Labute approximate surface area is 218 Å². The van der Waals surface area contributed by atoms with E-state index in [9.17, 15) is 27.9 Å². The summed E-state index contributed by atoms with van der Waals surface area (Å²) in [6.45, 7) is 2.02. The third kappa shape index (κ3) is 6.95. The number of nitrogens with one attached hydrogen (secondary N) is 1. The van der Waals surface area contributed by atoms with E-state index in [1.165, 1.54) is 23.5 Å². The minimum absolute atomic E-state index is 0.0347. The van der Waals surface area contributed by atoms with E-state index >= 15 is 0 Å². The summed E-state index contributed by atoms with van der Waals surface area (Å²) in [5, 5.41) is 14.9. The Morgan fingerprint density at radius 1 is 1.24 bits per heavy atom. The molecular formula is C26H32F3N3O4S. The third-order valence-corrected chi connectivity index (χ3v) is 8.38. The number of aliphatic hydroxyl groups is 1. The van der Waals surface area contributed by atoms with Crippen LogP contribution >= 0.6 is 11.3 Å². The Morgan fingerprint density at radius 3 is 2.70 bits per heavy atom. The topological polar surface area (TPSA) is 91.8 Å². The highest BCUT2D eigenvalue weighted by Gasteiger charge is 2.40. The van der Waals surface area contributed by atoms with Crippen molar-refractivity contribution in [1.29, 1.82) is 0 Å². The summed E-state index contributed by atoms with van der Waals surface area (Å²) in [6.07, 6.45) is 0.743. The number of carbonyl (C=O) groups excluding carboxylic acids is 2. The number of Topliss-reactive ketones (excluding diaryl/α,β-unsaturated/α-hetero) is 1. The number of carbonyl (C=O) groups is 2. The number of amides is 1. The number of ketones is 1. The molecule has 1 saturated carbocycles. The van der Waals surface area contributed by atoms with Crippen molar-refractivity contribution in [2.45, 2.75) is 75.4 Å². The van der Waals surface area contributed by atoms with Crippen LogP contribution in [0.4, 0.5) is 13.2 Å². The van der Waals surface area contributed by atoms with E-state index in [0.717, 1.165) is 47.8 Å². The zero-order valence-corrected chi connectivity index (χ0v) is 21.5. The van der Waals surface area contributed by atoms with E-state index in [0.29, 0.717) is 32.0 Å². The van der Waals surface area contributed by atoms with Crippen LogP contribution in [0.1, 0.15) is 70.8 Å². The molecule has 4 rings (SSSR count). The largest absolute Gasteiger partial charge is 0.416 e. The molecule has 37 heavy (non-hydrogen) atoms. The second-order valence-corrected chi connectivity index (χ2v) is 11.0. The summed E-state index contributed by atoms with van der Waals surface area (Å²) in [5.74, 6) is -0.764. The number of ether oxygens (including phenoxy) is 1. The maximum Gasteiger partial charge on any atom is 0.416 e. The first-order chi connectivity index (χ1) is 17.6. The highest BCUT2D eigenvalue weighted by molar-refractivity contribution is 7.11. The van der Waals surface area contributed by atoms with Gasteiger partial charge >= 0.3 is 6.18 Å². The van der Waals surface area contributed by atoms with Crippen LogP contribution < -0.4 is 5.32 Å². The summed E-state index contributed by atoms with van der Waals surface area (Å²) in [7, 11) is 1.63. The summed E-state index contributed by atoms with van der Waals surface area (Å²) in [6, 6.07) is 4.57. The lowest BCUT2D eigenvalue weighted by Gasteiger charge is -2.38. The number of hydrogen-bond donors (Lipinski definition) is 2. The zero-order valence-electron chi connectivity index (χ0n) is 20.7. The maximum atomic E-state index is 12.9. The number of hydrogen-bond acceptors (Lipinski definition) is 7. The summed E-state index contributed by atoms with van der Waals surface area (Å²) >= 11 is 1.49. The molecule has 2 heterocycles. The van der Waals surface area contributed by atoms with E-state index in [1.807, 2.05) is 0 Å². The molecule has 2 aromatic rings. The van der Waals surface area contributed by atoms with Gasteiger partial charge in [0.2, 0.25) is 5.91 Å². The van der Waals surface area contributed by atoms with Crippen molar-refractivity contribution < 1.29 is 32.6 Å². The molecule has 1 atom stereocenters. The Hall–Kier alpha value is -2.34. The van der Waals surface area contributed by atoms with Crippen molar-refractivity contribution in [3.8, 4) is 0 Å². The number of aromatic nitrogens is 1. The van der Waals surface area contributed by atoms with Gasteiger partial charge in [-0.25, -0.2) is 4.98 Å². The lowest BCUT2D eigenvalue weighted by atomic mass is 9.82. The van der Waals surface area contributed by atoms with E-state index in [-0.39, 0.29) is 30.4 Å². The molecule has 1 saturated heterocycles. The maximum absolute atomic E-state index is 12.9. The van der Waals surface area contributed by atoms with Crippen molar-refractivity contribution in [2.75, 3.05) is 20.2 Å². The molecule has 0 bridgehead atoms. The molecule has 1 aromatic carbocycles. The van der Waals surface area contributed by atoms with Crippen LogP contribution in [0.5, 0.6) is 0 Å². The van der Waals surface area contributed by atoms with Gasteiger partial charge in [0.1, 0.15) is 10.6 Å². The van der Waals surface area contributed by atoms with Gasteiger partial charge in [-0.15, -0.1) is 11.3 Å². The summed E-state index contributed by atoms with van der Waals surface area (Å²) in [4.78, 5) is 32.5. The van der Waals surface area contributed by atoms with E-state index < -0.39 is 23.1 Å². The lowest BCUT2D eigenvalue weighted by Crippen LogP contribution is -2.43. The number of benzene rings is 1. The fraction of sp³-hybridized carbons (Fsp3) is 0.577. The second-order valence-electron chi connectivity index (χ2n) is 9.88. The Bertz CT molecular complexity index is 1100. The molecule has 0 unspecified atom stereocenters. The van der Waals surface area contributed by atoms with Gasteiger partial charge < -0.3 is 15.2 Å². The molecule has 11 heteroatoms. The predicted molar refractivity (Wildman–Crippen MR) is 132 cm³/mol. The average molecular weight is 540 g/mol. The lowest BCUT2D eigenvalue weighted by molar-refractivity contribution is -0.137. The van der Waals surface area contributed by atoms with E-state index in [1.54, 1.807) is 13.3 Å². The number of alkyl halides is 3. The smallest absolute Gasteiger partial charge is 0.383 e. The quantitative estimate of drug-likeness (QED) is 0.462. The SMILES string of the molecule is COCc1cnc(C2(O)CCC(N3CC[C@@H](NC(=O)CCC(=O)c4cccc(C(F)(F)F)c4)C3)CC2)s1. The van der Waals surface area contributed by atoms with Crippen LogP contribution in [0.25, 0.3) is 0 Å².